The molecule has 0 radical (unpaired) electrons. The molecule has 2 aromatic heterocycles. The molecule has 0 saturated heterocycles. The highest BCUT2D eigenvalue weighted by Crippen LogP contribution is 2.14. The number of aromatic nitrogens is 3. The van der Waals surface area contributed by atoms with E-state index in [1.807, 2.05) is 36.4 Å². The number of hydrogen-bond acceptors (Lipinski definition) is 5. The fourth-order valence-electron chi connectivity index (χ4n) is 2.76. The topological polar surface area (TPSA) is 91.5 Å². The van der Waals surface area contributed by atoms with Crippen LogP contribution in [0.4, 0.5) is 5.69 Å². The van der Waals surface area contributed by atoms with Crippen LogP contribution in [0.25, 0.3) is 5.78 Å². The molecule has 0 saturated carbocycles. The molecule has 0 spiro atoms. The molecule has 0 aliphatic carbocycles. The van der Waals surface area contributed by atoms with E-state index < -0.39 is 0 Å². The van der Waals surface area contributed by atoms with Gasteiger partial charge in [-0.3, -0.25) is 9.20 Å². The first-order valence-corrected chi connectivity index (χ1v) is 8.12. The Hall–Kier alpha value is -2.93. The van der Waals surface area contributed by atoms with Crippen molar-refractivity contribution in [3.05, 3.63) is 59.2 Å². The highest BCUT2D eigenvalue weighted by molar-refractivity contribution is 5.95. The normalized spacial score (nSPS) is 10.8. The highest BCUT2D eigenvalue weighted by atomic mass is 16.3. The summed E-state index contributed by atoms with van der Waals surface area (Å²) in [6, 6.07) is 9.26. The van der Waals surface area contributed by atoms with Crippen molar-refractivity contribution >= 4 is 17.4 Å². The molecule has 0 unspecified atom stereocenters. The van der Waals surface area contributed by atoms with Crippen molar-refractivity contribution in [2.24, 2.45) is 0 Å². The van der Waals surface area contributed by atoms with E-state index in [1.165, 1.54) is 0 Å². The number of anilines is 1. The predicted molar refractivity (Wildman–Crippen MR) is 95.6 cm³/mol. The second-order valence-corrected chi connectivity index (χ2v) is 5.84. The summed E-state index contributed by atoms with van der Waals surface area (Å²) in [4.78, 5) is 20.8. The second kappa shape index (κ2) is 7.31. The first-order valence-electron chi connectivity index (χ1n) is 8.12. The lowest BCUT2D eigenvalue weighted by molar-refractivity contribution is 0.0945. The quantitative estimate of drug-likeness (QED) is 0.635. The third-order valence-corrected chi connectivity index (χ3v) is 3.86. The number of fused-ring (bicyclic) bond motifs is 1. The Morgan fingerprint density at radius 2 is 2.12 bits per heavy atom. The van der Waals surface area contributed by atoms with Crippen molar-refractivity contribution in [3.8, 4) is 0 Å². The van der Waals surface area contributed by atoms with E-state index >= 15 is 0 Å². The van der Waals surface area contributed by atoms with Gasteiger partial charge in [0, 0.05) is 29.2 Å². The van der Waals surface area contributed by atoms with Gasteiger partial charge in [-0.1, -0.05) is 6.07 Å². The first-order chi connectivity index (χ1) is 12.1. The number of rotatable bonds is 6. The van der Waals surface area contributed by atoms with Crippen LogP contribution in [0.5, 0.6) is 0 Å². The maximum atomic E-state index is 12.0. The van der Waals surface area contributed by atoms with Crippen molar-refractivity contribution in [2.45, 2.75) is 20.4 Å². The zero-order valence-electron chi connectivity index (χ0n) is 14.3. The lowest BCUT2D eigenvalue weighted by Gasteiger charge is -2.10. The molecule has 130 valence electrons. The van der Waals surface area contributed by atoms with Gasteiger partial charge in [-0.25, -0.2) is 9.97 Å². The molecule has 1 aromatic carbocycles. The fourth-order valence-corrected chi connectivity index (χ4v) is 2.76. The minimum Gasteiger partial charge on any atom is -0.395 e. The lowest BCUT2D eigenvalue weighted by Crippen LogP contribution is -2.26. The number of hydrogen-bond donors (Lipinski definition) is 3. The summed E-state index contributed by atoms with van der Waals surface area (Å²) in [7, 11) is 0. The van der Waals surface area contributed by atoms with Gasteiger partial charge < -0.3 is 15.7 Å². The van der Waals surface area contributed by atoms with E-state index in [-0.39, 0.29) is 19.1 Å². The Labute approximate surface area is 145 Å². The number of carbonyl (C=O) groups excluding carboxylic acids is 1. The number of amides is 1. The molecule has 0 fully saturated rings. The number of imidazole rings is 1. The van der Waals surface area contributed by atoms with Crippen LogP contribution in [0.15, 0.2) is 36.5 Å². The Bertz CT molecular complexity index is 904. The zero-order valence-corrected chi connectivity index (χ0v) is 14.3. The maximum absolute atomic E-state index is 12.0. The number of aliphatic hydroxyl groups excluding tert-OH is 1. The minimum atomic E-state index is -0.206. The number of aliphatic hydroxyl groups is 1. The molecule has 1 amide bonds. The summed E-state index contributed by atoms with van der Waals surface area (Å²) in [6.45, 7) is 4.70. The van der Waals surface area contributed by atoms with Crippen LogP contribution >= 0.6 is 0 Å². The van der Waals surface area contributed by atoms with Crippen molar-refractivity contribution in [2.75, 3.05) is 18.5 Å². The van der Waals surface area contributed by atoms with E-state index in [2.05, 4.69) is 20.6 Å². The molecule has 7 nitrogen and oxygen atoms in total. The van der Waals surface area contributed by atoms with Crippen LogP contribution in [0.2, 0.25) is 0 Å². The average molecular weight is 339 g/mol. The van der Waals surface area contributed by atoms with E-state index in [9.17, 15) is 4.79 Å². The van der Waals surface area contributed by atoms with Gasteiger partial charge in [-0.05, 0) is 38.1 Å². The molecule has 7 heteroatoms. The molecule has 25 heavy (non-hydrogen) atoms. The summed E-state index contributed by atoms with van der Waals surface area (Å²) in [5.41, 5.74) is 4.40. The molecule has 0 aliphatic rings. The van der Waals surface area contributed by atoms with Crippen molar-refractivity contribution in [3.63, 3.8) is 0 Å². The molecule has 2 heterocycles. The van der Waals surface area contributed by atoms with Crippen LogP contribution < -0.4 is 10.6 Å². The van der Waals surface area contributed by atoms with E-state index in [0.717, 1.165) is 22.8 Å². The van der Waals surface area contributed by atoms with Crippen LogP contribution in [-0.4, -0.2) is 38.5 Å². The monoisotopic (exact) mass is 339 g/mol. The van der Waals surface area contributed by atoms with Crippen LogP contribution in [-0.2, 0) is 6.54 Å². The molecular formula is C18H21N5O2. The number of nitrogens with zero attached hydrogens (tertiary/aromatic N) is 3. The maximum Gasteiger partial charge on any atom is 0.251 e. The van der Waals surface area contributed by atoms with Gasteiger partial charge in [-0.2, -0.15) is 0 Å². The Balaban J connectivity index is 1.75. The standard InChI is InChI=1S/C18H21N5O2/c1-12-8-13(2)23-16(11-21-18(23)22-12)10-20-15-5-3-4-14(9-15)17(25)19-6-7-24/h3-5,8-9,11,20,24H,6-7,10H2,1-2H3,(H,19,25). The van der Waals surface area contributed by atoms with Gasteiger partial charge in [0.05, 0.1) is 25.0 Å². The highest BCUT2D eigenvalue weighted by Gasteiger charge is 2.09. The van der Waals surface area contributed by atoms with Gasteiger partial charge in [0.1, 0.15) is 0 Å². The molecule has 3 aromatic rings. The molecule has 0 aliphatic heterocycles. The van der Waals surface area contributed by atoms with E-state index in [4.69, 9.17) is 5.11 Å². The SMILES string of the molecule is Cc1cc(C)n2c(CNc3cccc(C(=O)NCCO)c3)cnc2n1. The average Bonchev–Trinajstić information content (AvgIpc) is 3.01. The van der Waals surface area contributed by atoms with Crippen LogP contribution in [0.3, 0.4) is 0 Å². The second-order valence-electron chi connectivity index (χ2n) is 5.84. The van der Waals surface area contributed by atoms with Gasteiger partial charge in [0.25, 0.3) is 5.91 Å². The number of nitrogens with one attached hydrogen (secondary N) is 2. The molecule has 3 rings (SSSR count). The summed E-state index contributed by atoms with van der Waals surface area (Å²) >= 11 is 0. The van der Waals surface area contributed by atoms with E-state index in [1.54, 1.807) is 18.3 Å². The first kappa shape index (κ1) is 16.9. The molecule has 3 N–H and O–H groups in total. The lowest BCUT2D eigenvalue weighted by atomic mass is 10.2. The van der Waals surface area contributed by atoms with Gasteiger partial charge in [0.2, 0.25) is 5.78 Å². The van der Waals surface area contributed by atoms with Crippen molar-refractivity contribution < 1.29 is 9.90 Å². The third-order valence-electron chi connectivity index (χ3n) is 3.86. The smallest absolute Gasteiger partial charge is 0.251 e. The summed E-state index contributed by atoms with van der Waals surface area (Å²) in [5.74, 6) is 0.481. The Morgan fingerprint density at radius 1 is 1.28 bits per heavy atom. The van der Waals surface area contributed by atoms with Gasteiger partial charge >= 0.3 is 0 Å². The third kappa shape index (κ3) is 3.77. The number of carbonyl (C=O) groups is 1. The zero-order chi connectivity index (χ0) is 17.8. The minimum absolute atomic E-state index is 0.0785. The Kier molecular flexibility index (Phi) is 4.95. The number of aryl methyl sites for hydroxylation is 2. The predicted octanol–water partition coefficient (Wildman–Crippen LogP) is 1.68. The van der Waals surface area contributed by atoms with E-state index in [0.29, 0.717) is 17.9 Å². The van der Waals surface area contributed by atoms with Crippen LogP contribution in [0.1, 0.15) is 27.4 Å². The van der Waals surface area contributed by atoms with Crippen molar-refractivity contribution in [1.82, 2.24) is 19.7 Å². The summed E-state index contributed by atoms with van der Waals surface area (Å²) in [5, 5.41) is 14.7. The molecular weight excluding hydrogens is 318 g/mol. The Morgan fingerprint density at radius 3 is 2.92 bits per heavy atom. The van der Waals surface area contributed by atoms with Crippen molar-refractivity contribution in [1.29, 1.82) is 0 Å². The van der Waals surface area contributed by atoms with Gasteiger partial charge in [0.15, 0.2) is 0 Å². The molecule has 0 atom stereocenters. The van der Waals surface area contributed by atoms with Gasteiger partial charge in [-0.15, -0.1) is 0 Å². The summed E-state index contributed by atoms with van der Waals surface area (Å²) in [6.07, 6.45) is 1.81. The fraction of sp³-hybridized carbons (Fsp3) is 0.278. The summed E-state index contributed by atoms with van der Waals surface area (Å²) < 4.78 is 2.01. The number of benzene rings is 1. The largest absolute Gasteiger partial charge is 0.395 e. The molecule has 0 bridgehead atoms. The van der Waals surface area contributed by atoms with Crippen LogP contribution in [0, 0.1) is 13.8 Å².